The summed E-state index contributed by atoms with van der Waals surface area (Å²) < 4.78 is 0. The van der Waals surface area contributed by atoms with Gasteiger partial charge in [0.2, 0.25) is 0 Å². The van der Waals surface area contributed by atoms with Crippen LogP contribution in [0.1, 0.15) is 31.2 Å². The van der Waals surface area contributed by atoms with Crippen molar-refractivity contribution in [2.24, 2.45) is 5.92 Å². The Morgan fingerprint density at radius 2 is 2.12 bits per heavy atom. The van der Waals surface area contributed by atoms with E-state index in [9.17, 15) is 4.79 Å². The number of hydrogen-bond donors (Lipinski definition) is 0. The summed E-state index contributed by atoms with van der Waals surface area (Å²) in [6.45, 7) is 2.15. The third-order valence-corrected chi connectivity index (χ3v) is 4.21. The predicted octanol–water partition coefficient (Wildman–Crippen LogP) is 3.50. The Morgan fingerprint density at radius 3 is 2.81 bits per heavy atom. The van der Waals surface area contributed by atoms with Crippen LogP contribution in [0.2, 0.25) is 0 Å². The van der Waals surface area contributed by atoms with Gasteiger partial charge >= 0.3 is 0 Å². The van der Waals surface area contributed by atoms with Gasteiger partial charge in [0.05, 0.1) is 5.75 Å². The van der Waals surface area contributed by atoms with Crippen LogP contribution in [0.5, 0.6) is 0 Å². The first-order chi connectivity index (χ1) is 7.83. The maximum Gasteiger partial charge on any atom is 0.146 e. The van der Waals surface area contributed by atoms with Crippen LogP contribution in [0.4, 0.5) is 0 Å². The summed E-state index contributed by atoms with van der Waals surface area (Å²) in [5.74, 6) is 3.09. The topological polar surface area (TPSA) is 17.1 Å². The van der Waals surface area contributed by atoms with E-state index >= 15 is 0 Å². The molecule has 0 bridgehead atoms. The Balaban J connectivity index is 1.80. The van der Waals surface area contributed by atoms with E-state index in [4.69, 9.17) is 0 Å². The molecular formula is C14H18OS. The molecule has 1 fully saturated rings. The average Bonchev–Trinajstić information content (AvgIpc) is 3.10. The monoisotopic (exact) mass is 234 g/mol. The van der Waals surface area contributed by atoms with Crippen LogP contribution in [0, 0.1) is 5.92 Å². The standard InChI is InChI=1S/C14H18OS/c1-2-8-16-10-14(15)13-9-12(13)11-6-4-3-5-7-11/h3-7,12-13H,2,8-10H2,1H3. The minimum absolute atomic E-state index is 0.312. The maximum atomic E-state index is 11.8. The molecule has 1 aliphatic rings. The van der Waals surface area contributed by atoms with Gasteiger partial charge in [-0.2, -0.15) is 11.8 Å². The molecule has 1 aromatic rings. The molecule has 2 heteroatoms. The van der Waals surface area contributed by atoms with Gasteiger partial charge in [-0.3, -0.25) is 4.79 Å². The molecule has 0 N–H and O–H groups in total. The van der Waals surface area contributed by atoms with Gasteiger partial charge in [0, 0.05) is 5.92 Å². The van der Waals surface area contributed by atoms with Crippen molar-refractivity contribution in [2.45, 2.75) is 25.7 Å². The van der Waals surface area contributed by atoms with E-state index in [2.05, 4.69) is 31.2 Å². The fraction of sp³-hybridized carbons (Fsp3) is 0.500. The van der Waals surface area contributed by atoms with E-state index in [0.717, 1.165) is 18.6 Å². The van der Waals surface area contributed by atoms with Crippen LogP contribution >= 0.6 is 11.8 Å². The zero-order valence-corrected chi connectivity index (χ0v) is 10.5. The lowest BCUT2D eigenvalue weighted by molar-refractivity contribution is -0.117. The van der Waals surface area contributed by atoms with Crippen molar-refractivity contribution in [2.75, 3.05) is 11.5 Å². The first-order valence-corrected chi connectivity index (χ1v) is 7.13. The smallest absolute Gasteiger partial charge is 0.146 e. The number of rotatable bonds is 6. The van der Waals surface area contributed by atoms with Crippen LogP contribution in [0.25, 0.3) is 0 Å². The summed E-state index contributed by atoms with van der Waals surface area (Å²) >= 11 is 1.78. The van der Waals surface area contributed by atoms with Crippen LogP contribution in [0.15, 0.2) is 30.3 Å². The molecule has 0 heterocycles. The highest BCUT2D eigenvalue weighted by molar-refractivity contribution is 7.99. The Morgan fingerprint density at radius 1 is 1.38 bits per heavy atom. The summed E-state index contributed by atoms with van der Waals surface area (Å²) in [7, 11) is 0. The van der Waals surface area contributed by atoms with Crippen molar-refractivity contribution in [3.05, 3.63) is 35.9 Å². The molecule has 2 atom stereocenters. The van der Waals surface area contributed by atoms with Crippen LogP contribution in [-0.4, -0.2) is 17.3 Å². The quantitative estimate of drug-likeness (QED) is 0.701. The molecule has 0 aliphatic heterocycles. The molecule has 0 amide bonds. The minimum Gasteiger partial charge on any atom is -0.298 e. The molecule has 1 saturated carbocycles. The predicted molar refractivity (Wildman–Crippen MR) is 69.9 cm³/mol. The van der Waals surface area contributed by atoms with Gasteiger partial charge in [-0.05, 0) is 30.1 Å². The number of Topliss-reactive ketones (excluding diaryl/α,β-unsaturated/α-hetero) is 1. The van der Waals surface area contributed by atoms with Gasteiger partial charge in [-0.15, -0.1) is 0 Å². The number of carbonyl (C=O) groups excluding carboxylic acids is 1. The van der Waals surface area contributed by atoms with Crippen molar-refractivity contribution in [3.63, 3.8) is 0 Å². The molecule has 0 spiro atoms. The van der Waals surface area contributed by atoms with E-state index in [1.54, 1.807) is 11.8 Å². The van der Waals surface area contributed by atoms with Gasteiger partial charge in [0.1, 0.15) is 5.78 Å². The highest BCUT2D eigenvalue weighted by Gasteiger charge is 2.42. The second-order valence-corrected chi connectivity index (χ2v) is 5.48. The zero-order valence-electron chi connectivity index (χ0n) is 9.69. The van der Waals surface area contributed by atoms with Crippen LogP contribution in [0.3, 0.4) is 0 Å². The largest absolute Gasteiger partial charge is 0.298 e. The van der Waals surface area contributed by atoms with Crippen molar-refractivity contribution in [3.8, 4) is 0 Å². The van der Waals surface area contributed by atoms with Crippen molar-refractivity contribution >= 4 is 17.5 Å². The highest BCUT2D eigenvalue weighted by Crippen LogP contribution is 2.48. The summed E-state index contributed by atoms with van der Waals surface area (Å²) in [6.07, 6.45) is 2.22. The minimum atomic E-state index is 0.312. The van der Waals surface area contributed by atoms with Gasteiger partial charge in [0.15, 0.2) is 0 Å². The summed E-state index contributed by atoms with van der Waals surface area (Å²) in [4.78, 5) is 11.8. The Labute approximate surface area is 102 Å². The van der Waals surface area contributed by atoms with E-state index < -0.39 is 0 Å². The lowest BCUT2D eigenvalue weighted by atomic mass is 10.1. The summed E-state index contributed by atoms with van der Waals surface area (Å²) in [5.41, 5.74) is 1.33. The van der Waals surface area contributed by atoms with Crippen molar-refractivity contribution in [1.29, 1.82) is 0 Å². The molecule has 1 aromatic carbocycles. The maximum absolute atomic E-state index is 11.8. The van der Waals surface area contributed by atoms with Crippen LogP contribution < -0.4 is 0 Å². The van der Waals surface area contributed by atoms with Crippen LogP contribution in [-0.2, 0) is 4.79 Å². The van der Waals surface area contributed by atoms with E-state index in [1.165, 1.54) is 5.56 Å². The van der Waals surface area contributed by atoms with E-state index in [0.29, 0.717) is 23.4 Å². The van der Waals surface area contributed by atoms with E-state index in [-0.39, 0.29) is 0 Å². The number of carbonyl (C=O) groups is 1. The second kappa shape index (κ2) is 5.53. The fourth-order valence-electron chi connectivity index (χ4n) is 2.04. The van der Waals surface area contributed by atoms with Gasteiger partial charge in [0.25, 0.3) is 0 Å². The third-order valence-electron chi connectivity index (χ3n) is 3.02. The average molecular weight is 234 g/mol. The first-order valence-electron chi connectivity index (χ1n) is 5.98. The van der Waals surface area contributed by atoms with Crippen molar-refractivity contribution < 1.29 is 4.79 Å². The van der Waals surface area contributed by atoms with Crippen molar-refractivity contribution in [1.82, 2.24) is 0 Å². The molecule has 2 unspecified atom stereocenters. The van der Waals surface area contributed by atoms with Gasteiger partial charge in [-0.25, -0.2) is 0 Å². The Hall–Kier alpha value is -0.760. The Kier molecular flexibility index (Phi) is 4.05. The summed E-state index contributed by atoms with van der Waals surface area (Å²) in [5, 5.41) is 0. The molecule has 0 saturated heterocycles. The SMILES string of the molecule is CCCSCC(=O)C1CC1c1ccccc1. The fourth-order valence-corrected chi connectivity index (χ4v) is 2.89. The van der Waals surface area contributed by atoms with Gasteiger partial charge in [-0.1, -0.05) is 37.3 Å². The lowest BCUT2D eigenvalue weighted by Crippen LogP contribution is -2.05. The van der Waals surface area contributed by atoms with E-state index in [1.807, 2.05) is 6.07 Å². The molecule has 0 radical (unpaired) electrons. The Bertz CT molecular complexity index is 347. The number of hydrogen-bond acceptors (Lipinski definition) is 2. The molecule has 2 rings (SSSR count). The number of benzene rings is 1. The lowest BCUT2D eigenvalue weighted by Gasteiger charge is -2.00. The normalized spacial score (nSPS) is 23.1. The number of ketones is 1. The molecular weight excluding hydrogens is 216 g/mol. The third kappa shape index (κ3) is 2.88. The highest BCUT2D eigenvalue weighted by atomic mass is 32.2. The van der Waals surface area contributed by atoms with Gasteiger partial charge < -0.3 is 0 Å². The molecule has 86 valence electrons. The molecule has 0 aromatic heterocycles. The molecule has 16 heavy (non-hydrogen) atoms. The molecule has 1 nitrogen and oxygen atoms in total. The number of thioether (sulfide) groups is 1. The second-order valence-electron chi connectivity index (χ2n) is 4.38. The molecule has 1 aliphatic carbocycles. The zero-order chi connectivity index (χ0) is 11.4. The summed E-state index contributed by atoms with van der Waals surface area (Å²) in [6, 6.07) is 10.4. The first kappa shape index (κ1) is 11.7.